The number of nitrogens with one attached hydrogen (secondary N) is 2. The minimum atomic E-state index is -0.317. The SMILES string of the molecule is NNc1nnc(Cc2ccc(Cl)cc2)c(=O)[nH]1. The second-order valence-electron chi connectivity index (χ2n) is 3.40. The number of rotatable bonds is 3. The lowest BCUT2D eigenvalue weighted by Gasteiger charge is -2.01. The fraction of sp³-hybridized carbons (Fsp3) is 0.100. The van der Waals surface area contributed by atoms with Crippen molar-refractivity contribution in [2.24, 2.45) is 5.84 Å². The number of nitrogen functional groups attached to an aromatic ring is 1. The number of hydrogen-bond donors (Lipinski definition) is 3. The predicted molar refractivity (Wildman–Crippen MR) is 64.7 cm³/mol. The molecule has 2 rings (SSSR count). The van der Waals surface area contributed by atoms with Crippen LogP contribution in [0.4, 0.5) is 5.95 Å². The molecule has 0 aliphatic rings. The van der Waals surface area contributed by atoms with Crippen LogP contribution in [-0.4, -0.2) is 15.2 Å². The summed E-state index contributed by atoms with van der Waals surface area (Å²) in [6, 6.07) is 7.18. The lowest BCUT2D eigenvalue weighted by molar-refractivity contribution is 0.866. The van der Waals surface area contributed by atoms with Crippen LogP contribution >= 0.6 is 11.6 Å². The minimum absolute atomic E-state index is 0.134. The third-order valence-electron chi connectivity index (χ3n) is 2.19. The highest BCUT2D eigenvalue weighted by atomic mass is 35.5. The number of halogens is 1. The molecule has 1 aromatic heterocycles. The van der Waals surface area contributed by atoms with Crippen LogP contribution in [0.15, 0.2) is 29.1 Å². The second kappa shape index (κ2) is 4.94. The van der Waals surface area contributed by atoms with Crippen LogP contribution in [0, 0.1) is 0 Å². The number of H-pyrrole nitrogens is 1. The Balaban J connectivity index is 2.24. The Kier molecular flexibility index (Phi) is 3.36. The van der Waals surface area contributed by atoms with E-state index < -0.39 is 0 Å². The van der Waals surface area contributed by atoms with Gasteiger partial charge in [0, 0.05) is 11.4 Å². The lowest BCUT2D eigenvalue weighted by Crippen LogP contribution is -2.21. The van der Waals surface area contributed by atoms with Crippen molar-refractivity contribution in [3.05, 3.63) is 50.9 Å². The number of benzene rings is 1. The van der Waals surface area contributed by atoms with Gasteiger partial charge in [-0.05, 0) is 17.7 Å². The second-order valence-corrected chi connectivity index (χ2v) is 3.83. The van der Waals surface area contributed by atoms with E-state index in [-0.39, 0.29) is 11.5 Å². The molecule has 7 heteroatoms. The van der Waals surface area contributed by atoms with E-state index in [0.717, 1.165) is 5.56 Å². The van der Waals surface area contributed by atoms with Gasteiger partial charge in [-0.3, -0.25) is 15.2 Å². The number of aromatic amines is 1. The van der Waals surface area contributed by atoms with E-state index in [1.807, 2.05) is 12.1 Å². The average Bonchev–Trinajstić information content (AvgIpc) is 2.34. The van der Waals surface area contributed by atoms with Crippen molar-refractivity contribution in [2.75, 3.05) is 5.43 Å². The Morgan fingerprint density at radius 1 is 1.29 bits per heavy atom. The number of hydrazine groups is 1. The molecular formula is C10H10ClN5O. The molecule has 0 spiro atoms. The monoisotopic (exact) mass is 251 g/mol. The molecule has 0 unspecified atom stereocenters. The van der Waals surface area contributed by atoms with Gasteiger partial charge in [0.25, 0.3) is 5.56 Å². The highest BCUT2D eigenvalue weighted by molar-refractivity contribution is 6.30. The van der Waals surface area contributed by atoms with E-state index in [2.05, 4.69) is 20.6 Å². The fourth-order valence-electron chi connectivity index (χ4n) is 1.34. The molecule has 0 amide bonds. The maximum Gasteiger partial charge on any atom is 0.274 e. The molecule has 17 heavy (non-hydrogen) atoms. The van der Waals surface area contributed by atoms with E-state index in [4.69, 9.17) is 17.4 Å². The summed E-state index contributed by atoms with van der Waals surface area (Å²) in [4.78, 5) is 14.1. The van der Waals surface area contributed by atoms with Crippen LogP contribution < -0.4 is 16.8 Å². The summed E-state index contributed by atoms with van der Waals surface area (Å²) in [6.07, 6.45) is 0.393. The molecule has 6 nitrogen and oxygen atoms in total. The van der Waals surface area contributed by atoms with Crippen LogP contribution in [0.1, 0.15) is 11.3 Å². The maximum absolute atomic E-state index is 11.6. The van der Waals surface area contributed by atoms with Gasteiger partial charge < -0.3 is 0 Å². The number of aromatic nitrogens is 3. The first-order valence-electron chi connectivity index (χ1n) is 4.86. The summed E-state index contributed by atoms with van der Waals surface area (Å²) in [5, 5.41) is 8.15. The van der Waals surface area contributed by atoms with Crippen molar-refractivity contribution in [1.82, 2.24) is 15.2 Å². The molecule has 88 valence electrons. The van der Waals surface area contributed by atoms with Crippen molar-refractivity contribution >= 4 is 17.5 Å². The molecule has 2 aromatic rings. The maximum atomic E-state index is 11.6. The van der Waals surface area contributed by atoms with Crippen molar-refractivity contribution < 1.29 is 0 Å². The third kappa shape index (κ3) is 2.80. The Morgan fingerprint density at radius 2 is 2.00 bits per heavy atom. The van der Waals surface area contributed by atoms with E-state index in [0.29, 0.717) is 17.1 Å². The smallest absolute Gasteiger partial charge is 0.274 e. The van der Waals surface area contributed by atoms with Crippen LogP contribution in [0.25, 0.3) is 0 Å². The zero-order valence-electron chi connectivity index (χ0n) is 8.77. The van der Waals surface area contributed by atoms with Gasteiger partial charge in [0.1, 0.15) is 5.69 Å². The third-order valence-corrected chi connectivity index (χ3v) is 2.44. The lowest BCUT2D eigenvalue weighted by atomic mass is 10.1. The van der Waals surface area contributed by atoms with Crippen molar-refractivity contribution in [3.8, 4) is 0 Å². The van der Waals surface area contributed by atoms with Crippen molar-refractivity contribution in [1.29, 1.82) is 0 Å². The van der Waals surface area contributed by atoms with Gasteiger partial charge in [0.15, 0.2) is 0 Å². The quantitative estimate of drug-likeness (QED) is 0.551. The van der Waals surface area contributed by atoms with Crippen molar-refractivity contribution in [2.45, 2.75) is 6.42 Å². The molecule has 1 aromatic carbocycles. The number of anilines is 1. The average molecular weight is 252 g/mol. The number of nitrogens with zero attached hydrogens (tertiary/aromatic N) is 2. The summed E-state index contributed by atoms with van der Waals surface area (Å²) in [6.45, 7) is 0. The van der Waals surface area contributed by atoms with E-state index >= 15 is 0 Å². The van der Waals surface area contributed by atoms with Gasteiger partial charge in [-0.1, -0.05) is 23.7 Å². The fourth-order valence-corrected chi connectivity index (χ4v) is 1.46. The highest BCUT2D eigenvalue weighted by Gasteiger charge is 2.05. The summed E-state index contributed by atoms with van der Waals surface area (Å²) in [5.74, 6) is 5.23. The molecule has 0 radical (unpaired) electrons. The number of hydrogen-bond acceptors (Lipinski definition) is 5. The molecule has 4 N–H and O–H groups in total. The molecule has 0 aliphatic carbocycles. The zero-order chi connectivity index (χ0) is 12.3. The molecule has 0 atom stereocenters. The predicted octanol–water partition coefficient (Wildman–Crippen LogP) is 0.695. The molecular weight excluding hydrogens is 242 g/mol. The zero-order valence-corrected chi connectivity index (χ0v) is 9.53. The topological polar surface area (TPSA) is 96.7 Å². The molecule has 0 bridgehead atoms. The Bertz CT molecular complexity index is 566. The van der Waals surface area contributed by atoms with E-state index in [1.54, 1.807) is 12.1 Å². The minimum Gasteiger partial charge on any atom is -0.293 e. The first-order chi connectivity index (χ1) is 8.19. The molecule has 0 saturated heterocycles. The highest BCUT2D eigenvalue weighted by Crippen LogP contribution is 2.11. The van der Waals surface area contributed by atoms with Gasteiger partial charge in [0.2, 0.25) is 5.95 Å². The van der Waals surface area contributed by atoms with Gasteiger partial charge in [0.05, 0.1) is 0 Å². The normalized spacial score (nSPS) is 10.2. The molecule has 0 saturated carbocycles. The van der Waals surface area contributed by atoms with E-state index in [1.165, 1.54) is 0 Å². The first-order valence-corrected chi connectivity index (χ1v) is 5.24. The summed E-state index contributed by atoms with van der Waals surface area (Å²) in [5.41, 5.74) is 3.16. The molecule has 0 fully saturated rings. The van der Waals surface area contributed by atoms with Crippen LogP contribution in [0.2, 0.25) is 5.02 Å². The van der Waals surface area contributed by atoms with Gasteiger partial charge in [-0.15, -0.1) is 10.2 Å². The van der Waals surface area contributed by atoms with Crippen molar-refractivity contribution in [3.63, 3.8) is 0 Å². The summed E-state index contributed by atoms with van der Waals surface area (Å²) >= 11 is 5.77. The number of nitrogens with two attached hydrogens (primary N) is 1. The van der Waals surface area contributed by atoms with Gasteiger partial charge >= 0.3 is 0 Å². The Hall–Kier alpha value is -1.92. The Morgan fingerprint density at radius 3 is 2.59 bits per heavy atom. The first kappa shape index (κ1) is 11.6. The van der Waals surface area contributed by atoms with Crippen LogP contribution in [0.5, 0.6) is 0 Å². The molecule has 0 aliphatic heterocycles. The largest absolute Gasteiger partial charge is 0.293 e. The van der Waals surface area contributed by atoms with E-state index in [9.17, 15) is 4.79 Å². The van der Waals surface area contributed by atoms with Crippen LogP contribution in [0.3, 0.4) is 0 Å². The van der Waals surface area contributed by atoms with Gasteiger partial charge in [-0.25, -0.2) is 5.84 Å². The summed E-state index contributed by atoms with van der Waals surface area (Å²) in [7, 11) is 0. The molecule has 1 heterocycles. The standard InChI is InChI=1S/C10H10ClN5O/c11-7-3-1-6(2-4-7)5-8-9(17)13-10(14-12)16-15-8/h1-4H,5,12H2,(H2,13,14,16,17). The Labute approximate surface area is 102 Å². The summed E-state index contributed by atoms with van der Waals surface area (Å²) < 4.78 is 0. The van der Waals surface area contributed by atoms with Gasteiger partial charge in [-0.2, -0.15) is 0 Å². The van der Waals surface area contributed by atoms with Crippen LogP contribution in [-0.2, 0) is 6.42 Å².